The van der Waals surface area contributed by atoms with Crippen molar-refractivity contribution in [2.75, 3.05) is 39.6 Å². The molecule has 5 unspecified atom stereocenters. The molecule has 0 saturated carbocycles. The second kappa shape index (κ2) is 64.6. The van der Waals surface area contributed by atoms with Crippen molar-refractivity contribution in [2.45, 2.75) is 296 Å². The SMILES string of the molecule is CC/C=C\C/C=C\C/C=C\C/C=C\C/C=C\C/C=C\CCCCCCCCCCC(=O)OCC(O)COP(=O)(O)OCC(O)COP(=O)(O)OCC(COC(=O)CCCCCCC/C=C\C/C=C\CCC)OC(=O)CCCCCCCCCCCCCCC. The average Bonchev–Trinajstić information content (AvgIpc) is 3.55. The van der Waals surface area contributed by atoms with E-state index in [2.05, 4.69) is 118 Å². The number of phosphoric ester groups is 2. The summed E-state index contributed by atoms with van der Waals surface area (Å²) in [5, 5.41) is 20.5. The predicted octanol–water partition coefficient (Wildman–Crippen LogP) is 19.1. The van der Waals surface area contributed by atoms with Crippen LogP contribution in [-0.4, -0.2) is 95.9 Å². The maximum Gasteiger partial charge on any atom is 0.472 e. The summed E-state index contributed by atoms with van der Waals surface area (Å²) < 4.78 is 60.8. The van der Waals surface area contributed by atoms with Gasteiger partial charge in [0.05, 0.1) is 26.4 Å². The molecule has 0 aromatic heterocycles. The Kier molecular flexibility index (Phi) is 62.0. The van der Waals surface area contributed by atoms with Crippen LogP contribution in [-0.2, 0) is 55.8 Å². The monoisotopic (exact) mass is 1290 g/mol. The standard InChI is InChI=1S/C71H124O16P2/c1-4-7-10-13-16-19-22-25-26-27-28-29-30-31-32-33-34-35-36-37-38-41-43-45-48-51-54-57-69(74)81-60-66(72)61-83-88(77,78)84-62-67(73)63-85-89(79,80)86-65-68(87-71(76)59-56-53-50-47-44-40-24-21-18-15-12-9-6-3)64-82-70(75)58-55-52-49-46-42-39-23-20-17-14-11-8-5-2/h7,10-11,14,16,19-20,23,25-26,28-29,31-32,34-35,66-68,72-73H,4-6,8-9,12-13,15,17-18,21-22,24,27,30,33,36-65H2,1-3H3,(H,77,78)(H,79,80)/b10-7-,14-11-,19-16-,23-20-,26-25-,29-28-,32-31-,35-34-. The zero-order chi connectivity index (χ0) is 65.3. The third-order valence-electron chi connectivity index (χ3n) is 14.3. The highest BCUT2D eigenvalue weighted by atomic mass is 31.2. The van der Waals surface area contributed by atoms with Gasteiger partial charge in [0.1, 0.15) is 25.4 Å². The molecule has 0 bridgehead atoms. The molecule has 16 nitrogen and oxygen atoms in total. The van der Waals surface area contributed by atoms with Crippen LogP contribution in [0.5, 0.6) is 0 Å². The van der Waals surface area contributed by atoms with Gasteiger partial charge in [-0.05, 0) is 96.3 Å². The van der Waals surface area contributed by atoms with Crippen molar-refractivity contribution in [2.24, 2.45) is 0 Å². The molecule has 514 valence electrons. The number of allylic oxidation sites excluding steroid dienone is 16. The van der Waals surface area contributed by atoms with Gasteiger partial charge in [-0.15, -0.1) is 0 Å². The van der Waals surface area contributed by atoms with E-state index >= 15 is 0 Å². The van der Waals surface area contributed by atoms with E-state index in [0.29, 0.717) is 19.3 Å². The Morgan fingerprint density at radius 1 is 0.326 bits per heavy atom. The Morgan fingerprint density at radius 3 is 0.989 bits per heavy atom. The van der Waals surface area contributed by atoms with E-state index in [9.17, 15) is 43.5 Å². The normalized spacial score (nSPS) is 14.8. The summed E-state index contributed by atoms with van der Waals surface area (Å²) in [6, 6.07) is 0. The highest BCUT2D eigenvalue weighted by Crippen LogP contribution is 2.45. The second-order valence-electron chi connectivity index (χ2n) is 23.0. The first-order chi connectivity index (χ1) is 43.2. The number of carbonyl (C=O) groups excluding carboxylic acids is 3. The lowest BCUT2D eigenvalue weighted by Gasteiger charge is -2.21. The summed E-state index contributed by atoms with van der Waals surface area (Å²) in [6.45, 7) is 2.47. The van der Waals surface area contributed by atoms with Gasteiger partial charge >= 0.3 is 33.6 Å². The Bertz CT molecular complexity index is 2010. The fourth-order valence-corrected chi connectivity index (χ4v) is 10.6. The molecule has 0 aliphatic heterocycles. The molecule has 0 rings (SSSR count). The van der Waals surface area contributed by atoms with E-state index < -0.39 is 91.5 Å². The van der Waals surface area contributed by atoms with E-state index in [1.807, 2.05) is 0 Å². The van der Waals surface area contributed by atoms with Gasteiger partial charge in [0.15, 0.2) is 6.10 Å². The van der Waals surface area contributed by atoms with Crippen LogP contribution in [0.1, 0.15) is 278 Å². The zero-order valence-corrected chi connectivity index (χ0v) is 57.4. The Labute approximate surface area is 539 Å². The summed E-state index contributed by atoms with van der Waals surface area (Å²) in [7, 11) is -9.77. The van der Waals surface area contributed by atoms with Crippen LogP contribution in [0.15, 0.2) is 97.2 Å². The molecule has 0 aromatic carbocycles. The quantitative estimate of drug-likeness (QED) is 0.0146. The molecule has 0 saturated heterocycles. The van der Waals surface area contributed by atoms with Gasteiger partial charge in [-0.3, -0.25) is 32.5 Å². The average molecular weight is 1300 g/mol. The van der Waals surface area contributed by atoms with Gasteiger partial charge in [0, 0.05) is 19.3 Å². The topological polar surface area (TPSA) is 231 Å². The van der Waals surface area contributed by atoms with Gasteiger partial charge in [0.25, 0.3) is 0 Å². The highest BCUT2D eigenvalue weighted by Gasteiger charge is 2.29. The maximum atomic E-state index is 12.9. The van der Waals surface area contributed by atoms with Crippen molar-refractivity contribution in [1.29, 1.82) is 0 Å². The molecule has 4 N–H and O–H groups in total. The second-order valence-corrected chi connectivity index (χ2v) is 25.9. The molecule has 18 heteroatoms. The minimum Gasteiger partial charge on any atom is -0.463 e. The fraction of sp³-hybridized carbons (Fsp3) is 0.732. The van der Waals surface area contributed by atoms with Crippen LogP contribution >= 0.6 is 15.6 Å². The van der Waals surface area contributed by atoms with Crippen molar-refractivity contribution in [3.8, 4) is 0 Å². The van der Waals surface area contributed by atoms with Crippen LogP contribution < -0.4 is 0 Å². The van der Waals surface area contributed by atoms with Crippen molar-refractivity contribution >= 4 is 33.6 Å². The van der Waals surface area contributed by atoms with E-state index in [1.165, 1.54) is 70.6 Å². The molecule has 0 spiro atoms. The smallest absolute Gasteiger partial charge is 0.463 e. The maximum absolute atomic E-state index is 12.9. The molecule has 0 aromatic rings. The van der Waals surface area contributed by atoms with Gasteiger partial charge in [-0.2, -0.15) is 0 Å². The van der Waals surface area contributed by atoms with Crippen LogP contribution in [0.4, 0.5) is 0 Å². The summed E-state index contributed by atoms with van der Waals surface area (Å²) >= 11 is 0. The molecule has 0 aliphatic carbocycles. The summed E-state index contributed by atoms with van der Waals surface area (Å²) in [5.74, 6) is -1.59. The molecular weight excluding hydrogens is 1170 g/mol. The van der Waals surface area contributed by atoms with E-state index in [4.69, 9.17) is 32.3 Å². The van der Waals surface area contributed by atoms with Crippen LogP contribution in [0.2, 0.25) is 0 Å². The van der Waals surface area contributed by atoms with Crippen molar-refractivity contribution in [3.63, 3.8) is 0 Å². The van der Waals surface area contributed by atoms with Crippen LogP contribution in [0, 0.1) is 0 Å². The highest BCUT2D eigenvalue weighted by molar-refractivity contribution is 7.47. The van der Waals surface area contributed by atoms with Crippen LogP contribution in [0.25, 0.3) is 0 Å². The molecule has 0 aliphatic rings. The first kappa shape index (κ1) is 85.5. The number of ether oxygens (including phenoxy) is 3. The number of aliphatic hydroxyl groups excluding tert-OH is 2. The van der Waals surface area contributed by atoms with Crippen LogP contribution in [0.3, 0.4) is 0 Å². The number of hydrogen-bond acceptors (Lipinski definition) is 14. The lowest BCUT2D eigenvalue weighted by Crippen LogP contribution is -2.30. The van der Waals surface area contributed by atoms with E-state index in [-0.39, 0.29) is 19.3 Å². The lowest BCUT2D eigenvalue weighted by molar-refractivity contribution is -0.161. The minimum absolute atomic E-state index is 0.105. The molecule has 89 heavy (non-hydrogen) atoms. The summed E-state index contributed by atoms with van der Waals surface area (Å²) in [6.07, 6.45) is 70.4. The molecule has 0 heterocycles. The first-order valence-electron chi connectivity index (χ1n) is 34.5. The van der Waals surface area contributed by atoms with Crippen molar-refractivity contribution in [1.82, 2.24) is 0 Å². The number of rotatable bonds is 65. The molecule has 0 radical (unpaired) electrons. The van der Waals surface area contributed by atoms with E-state index in [0.717, 1.165) is 148 Å². The predicted molar refractivity (Wildman–Crippen MR) is 362 cm³/mol. The van der Waals surface area contributed by atoms with Gasteiger partial charge in [0.2, 0.25) is 0 Å². The van der Waals surface area contributed by atoms with Gasteiger partial charge < -0.3 is 34.2 Å². The Hall–Kier alpha value is -3.53. The Balaban J connectivity index is 4.49. The number of carbonyl (C=O) groups is 3. The number of aliphatic hydroxyl groups is 2. The third-order valence-corrected chi connectivity index (χ3v) is 16.2. The van der Waals surface area contributed by atoms with Gasteiger partial charge in [-0.25, -0.2) is 9.13 Å². The summed E-state index contributed by atoms with van der Waals surface area (Å²) in [5.41, 5.74) is 0. The zero-order valence-electron chi connectivity index (χ0n) is 55.6. The fourth-order valence-electron chi connectivity index (χ4n) is 9.02. The molecule has 0 fully saturated rings. The number of unbranched alkanes of at least 4 members (excludes halogenated alkanes) is 26. The third kappa shape index (κ3) is 65.8. The molecular formula is C71H124O16P2. The number of hydrogen-bond donors (Lipinski definition) is 4. The molecule has 0 amide bonds. The van der Waals surface area contributed by atoms with Crippen molar-refractivity contribution < 1.29 is 75.8 Å². The van der Waals surface area contributed by atoms with E-state index in [1.54, 1.807) is 0 Å². The number of phosphoric acid groups is 2. The van der Waals surface area contributed by atoms with Gasteiger partial charge in [-0.1, -0.05) is 259 Å². The largest absolute Gasteiger partial charge is 0.472 e. The lowest BCUT2D eigenvalue weighted by atomic mass is 10.0. The summed E-state index contributed by atoms with van der Waals surface area (Å²) in [4.78, 5) is 58.3. The Morgan fingerprint density at radius 2 is 0.618 bits per heavy atom. The molecule has 5 atom stereocenters. The van der Waals surface area contributed by atoms with Crippen molar-refractivity contribution in [3.05, 3.63) is 97.2 Å². The first-order valence-corrected chi connectivity index (χ1v) is 37.5. The number of esters is 3. The minimum atomic E-state index is -4.92.